The van der Waals surface area contributed by atoms with E-state index in [-0.39, 0.29) is 6.10 Å². The smallest absolute Gasteiger partial charge is 0.0695 e. The molecule has 3 nitrogen and oxygen atoms in total. The van der Waals surface area contributed by atoms with Gasteiger partial charge in [0.15, 0.2) is 0 Å². The Morgan fingerprint density at radius 2 is 1.86 bits per heavy atom. The van der Waals surface area contributed by atoms with Crippen LogP contribution in [0, 0.1) is 0 Å². The summed E-state index contributed by atoms with van der Waals surface area (Å²) in [4.78, 5) is 2.49. The van der Waals surface area contributed by atoms with E-state index in [1.54, 1.807) is 0 Å². The monoisotopic (exact) mass is 198 g/mol. The van der Waals surface area contributed by atoms with Crippen LogP contribution in [0.2, 0.25) is 0 Å². The maximum Gasteiger partial charge on any atom is 0.0695 e. The first kappa shape index (κ1) is 10.4. The molecular formula is C11H22N2O. The lowest BCUT2D eigenvalue weighted by Gasteiger charge is -2.36. The fraction of sp³-hybridized carbons (Fsp3) is 1.00. The summed E-state index contributed by atoms with van der Waals surface area (Å²) in [7, 11) is 0. The van der Waals surface area contributed by atoms with Gasteiger partial charge in [-0.1, -0.05) is 12.8 Å². The lowest BCUT2D eigenvalue weighted by atomic mass is 9.91. The van der Waals surface area contributed by atoms with E-state index in [1.165, 1.54) is 25.7 Å². The SMILES string of the molecule is O[C@H]1CCCC[C@@H]1N1CCCNCC1. The average Bonchev–Trinajstić information content (AvgIpc) is 2.47. The molecule has 3 heteroatoms. The van der Waals surface area contributed by atoms with E-state index in [1.807, 2.05) is 0 Å². The number of hydrogen-bond acceptors (Lipinski definition) is 3. The van der Waals surface area contributed by atoms with Gasteiger partial charge in [0.25, 0.3) is 0 Å². The fourth-order valence-electron chi connectivity index (χ4n) is 2.72. The molecule has 0 aromatic heterocycles. The number of aliphatic hydroxyl groups excluding tert-OH is 1. The molecule has 0 unspecified atom stereocenters. The summed E-state index contributed by atoms with van der Waals surface area (Å²) < 4.78 is 0. The summed E-state index contributed by atoms with van der Waals surface area (Å²) in [6, 6.07) is 0.448. The summed E-state index contributed by atoms with van der Waals surface area (Å²) in [5.41, 5.74) is 0. The second-order valence-electron chi connectivity index (χ2n) is 4.56. The van der Waals surface area contributed by atoms with Crippen molar-refractivity contribution in [1.29, 1.82) is 0 Å². The quantitative estimate of drug-likeness (QED) is 0.647. The van der Waals surface area contributed by atoms with Crippen LogP contribution in [0.25, 0.3) is 0 Å². The summed E-state index contributed by atoms with van der Waals surface area (Å²) in [6.07, 6.45) is 5.87. The molecule has 0 aromatic rings. The van der Waals surface area contributed by atoms with E-state index >= 15 is 0 Å². The van der Waals surface area contributed by atoms with Crippen LogP contribution in [0.4, 0.5) is 0 Å². The molecule has 0 spiro atoms. The van der Waals surface area contributed by atoms with Crippen molar-refractivity contribution in [1.82, 2.24) is 10.2 Å². The third-order valence-corrected chi connectivity index (χ3v) is 3.54. The number of nitrogens with one attached hydrogen (secondary N) is 1. The van der Waals surface area contributed by atoms with Crippen LogP contribution >= 0.6 is 0 Å². The van der Waals surface area contributed by atoms with E-state index in [4.69, 9.17) is 0 Å². The minimum absolute atomic E-state index is 0.0677. The van der Waals surface area contributed by atoms with Crippen molar-refractivity contribution in [2.75, 3.05) is 26.2 Å². The second-order valence-corrected chi connectivity index (χ2v) is 4.56. The second kappa shape index (κ2) is 5.10. The van der Waals surface area contributed by atoms with Gasteiger partial charge in [-0.05, 0) is 32.4 Å². The van der Waals surface area contributed by atoms with Crippen LogP contribution in [0.1, 0.15) is 32.1 Å². The van der Waals surface area contributed by atoms with Gasteiger partial charge in [0.05, 0.1) is 6.10 Å². The zero-order chi connectivity index (χ0) is 9.80. The first-order chi connectivity index (χ1) is 6.88. The topological polar surface area (TPSA) is 35.5 Å². The van der Waals surface area contributed by atoms with Crippen LogP contribution in [-0.4, -0.2) is 48.3 Å². The van der Waals surface area contributed by atoms with E-state index in [0.717, 1.165) is 32.6 Å². The molecule has 1 saturated carbocycles. The zero-order valence-electron chi connectivity index (χ0n) is 8.91. The highest BCUT2D eigenvalue weighted by Gasteiger charge is 2.28. The van der Waals surface area contributed by atoms with E-state index in [0.29, 0.717) is 6.04 Å². The van der Waals surface area contributed by atoms with Crippen molar-refractivity contribution in [3.63, 3.8) is 0 Å². The minimum atomic E-state index is -0.0677. The van der Waals surface area contributed by atoms with Crippen LogP contribution in [-0.2, 0) is 0 Å². The van der Waals surface area contributed by atoms with Gasteiger partial charge >= 0.3 is 0 Å². The molecule has 0 bridgehead atoms. The first-order valence-electron chi connectivity index (χ1n) is 6.01. The maximum absolute atomic E-state index is 9.95. The van der Waals surface area contributed by atoms with Crippen LogP contribution in [0.15, 0.2) is 0 Å². The lowest BCUT2D eigenvalue weighted by molar-refractivity contribution is 0.0228. The number of aliphatic hydroxyl groups is 1. The highest BCUT2D eigenvalue weighted by molar-refractivity contribution is 4.84. The highest BCUT2D eigenvalue weighted by atomic mass is 16.3. The molecule has 0 aromatic carbocycles. The van der Waals surface area contributed by atoms with Gasteiger partial charge in [-0.25, -0.2) is 0 Å². The molecule has 1 aliphatic carbocycles. The van der Waals surface area contributed by atoms with Crippen LogP contribution in [0.5, 0.6) is 0 Å². The average molecular weight is 198 g/mol. The zero-order valence-corrected chi connectivity index (χ0v) is 8.91. The molecule has 2 rings (SSSR count). The Balaban J connectivity index is 1.90. The Morgan fingerprint density at radius 3 is 2.71 bits per heavy atom. The van der Waals surface area contributed by atoms with Crippen LogP contribution in [0.3, 0.4) is 0 Å². The third-order valence-electron chi connectivity index (χ3n) is 3.54. The summed E-state index contributed by atoms with van der Waals surface area (Å²) in [5, 5.41) is 13.4. The van der Waals surface area contributed by atoms with E-state index in [9.17, 15) is 5.11 Å². The predicted octanol–water partition coefficient (Wildman–Crippen LogP) is 0.585. The van der Waals surface area contributed by atoms with Crippen molar-refractivity contribution in [2.24, 2.45) is 0 Å². The molecule has 14 heavy (non-hydrogen) atoms. The van der Waals surface area contributed by atoms with Gasteiger partial charge in [0.2, 0.25) is 0 Å². The summed E-state index contributed by atoms with van der Waals surface area (Å²) in [6.45, 7) is 4.50. The standard InChI is InChI=1S/C11H22N2O/c14-11-5-2-1-4-10(11)13-8-3-6-12-7-9-13/h10-12,14H,1-9H2/t10-,11-/m0/s1. The largest absolute Gasteiger partial charge is 0.391 e. The van der Waals surface area contributed by atoms with Crippen molar-refractivity contribution in [3.8, 4) is 0 Å². The molecule has 1 heterocycles. The van der Waals surface area contributed by atoms with E-state index in [2.05, 4.69) is 10.2 Å². The van der Waals surface area contributed by atoms with Crippen LogP contribution < -0.4 is 5.32 Å². The molecule has 2 atom stereocenters. The predicted molar refractivity (Wildman–Crippen MR) is 57.3 cm³/mol. The lowest BCUT2D eigenvalue weighted by Crippen LogP contribution is -2.46. The molecule has 1 aliphatic heterocycles. The van der Waals surface area contributed by atoms with Gasteiger partial charge in [0, 0.05) is 19.1 Å². The molecule has 2 N–H and O–H groups in total. The molecule has 0 amide bonds. The molecule has 1 saturated heterocycles. The minimum Gasteiger partial charge on any atom is -0.391 e. The third kappa shape index (κ3) is 2.47. The Hall–Kier alpha value is -0.120. The van der Waals surface area contributed by atoms with Crippen molar-refractivity contribution >= 4 is 0 Å². The van der Waals surface area contributed by atoms with Gasteiger partial charge in [-0.15, -0.1) is 0 Å². The number of nitrogens with zero attached hydrogens (tertiary/aromatic N) is 1. The van der Waals surface area contributed by atoms with Crippen molar-refractivity contribution < 1.29 is 5.11 Å². The summed E-state index contributed by atoms with van der Waals surface area (Å²) in [5.74, 6) is 0. The number of rotatable bonds is 1. The maximum atomic E-state index is 9.95. The molecule has 2 fully saturated rings. The van der Waals surface area contributed by atoms with E-state index < -0.39 is 0 Å². The Labute approximate surface area is 86.5 Å². The Bertz CT molecular complexity index is 167. The van der Waals surface area contributed by atoms with Gasteiger partial charge in [0.1, 0.15) is 0 Å². The molecule has 0 radical (unpaired) electrons. The fourth-order valence-corrected chi connectivity index (χ4v) is 2.72. The van der Waals surface area contributed by atoms with Gasteiger partial charge in [-0.2, -0.15) is 0 Å². The molecule has 82 valence electrons. The normalized spacial score (nSPS) is 36.6. The van der Waals surface area contributed by atoms with Crippen molar-refractivity contribution in [3.05, 3.63) is 0 Å². The first-order valence-corrected chi connectivity index (χ1v) is 6.01. The Kier molecular flexibility index (Phi) is 3.79. The number of hydrogen-bond donors (Lipinski definition) is 2. The highest BCUT2D eigenvalue weighted by Crippen LogP contribution is 2.23. The van der Waals surface area contributed by atoms with Crippen molar-refractivity contribution in [2.45, 2.75) is 44.2 Å². The Morgan fingerprint density at radius 1 is 1.00 bits per heavy atom. The van der Waals surface area contributed by atoms with Gasteiger partial charge in [-0.3, -0.25) is 4.90 Å². The molecule has 2 aliphatic rings. The summed E-state index contributed by atoms with van der Waals surface area (Å²) >= 11 is 0. The molecular weight excluding hydrogens is 176 g/mol. The van der Waals surface area contributed by atoms with Gasteiger partial charge < -0.3 is 10.4 Å².